The molecule has 2 aromatic heterocycles. The number of nitrogens with zero attached hydrogens (tertiary/aromatic N) is 4. The molecule has 0 unspecified atom stereocenters. The number of aliphatic hydroxyl groups is 1. The Morgan fingerprint density at radius 1 is 1.12 bits per heavy atom. The van der Waals surface area contributed by atoms with Crippen LogP contribution in [0.3, 0.4) is 0 Å². The first-order chi connectivity index (χ1) is 20.4. The van der Waals surface area contributed by atoms with E-state index in [0.29, 0.717) is 35.3 Å². The Morgan fingerprint density at radius 2 is 1.86 bits per heavy atom. The molecule has 4 aromatic rings. The van der Waals surface area contributed by atoms with Crippen LogP contribution in [0.1, 0.15) is 52.5 Å². The second-order valence-electron chi connectivity index (χ2n) is 10.3. The summed E-state index contributed by atoms with van der Waals surface area (Å²) in [6, 6.07) is 14.6. The molecule has 4 heterocycles. The van der Waals surface area contributed by atoms with Crippen LogP contribution in [0.2, 0.25) is 5.02 Å². The Balaban J connectivity index is 0.000000312. The number of ether oxygens (including phenoxy) is 1. The molecular formula is C32H39ClN6O3. The van der Waals surface area contributed by atoms with Gasteiger partial charge in [0.1, 0.15) is 0 Å². The number of hydrogen-bond acceptors (Lipinski definition) is 7. The number of halogens is 1. The first kappa shape index (κ1) is 31.2. The predicted octanol–water partition coefficient (Wildman–Crippen LogP) is 5.61. The molecule has 2 aliphatic rings. The number of carbonyl (C=O) groups excluding carboxylic acids is 1. The van der Waals surface area contributed by atoms with Crippen molar-refractivity contribution in [2.24, 2.45) is 0 Å². The zero-order valence-electron chi connectivity index (χ0n) is 24.4. The summed E-state index contributed by atoms with van der Waals surface area (Å²) < 4.78 is 5.41. The van der Waals surface area contributed by atoms with E-state index in [1.807, 2.05) is 23.1 Å². The summed E-state index contributed by atoms with van der Waals surface area (Å²) in [5, 5.41) is 11.4. The summed E-state index contributed by atoms with van der Waals surface area (Å²) in [4.78, 5) is 30.9. The van der Waals surface area contributed by atoms with E-state index >= 15 is 0 Å². The molecule has 0 spiro atoms. The van der Waals surface area contributed by atoms with E-state index in [1.54, 1.807) is 25.6 Å². The number of aromatic amines is 1. The van der Waals surface area contributed by atoms with Crippen LogP contribution in [0.4, 0.5) is 5.95 Å². The largest absolute Gasteiger partial charge is 0.397 e. The van der Waals surface area contributed by atoms with Crippen molar-refractivity contribution < 1.29 is 14.6 Å². The number of benzene rings is 2. The van der Waals surface area contributed by atoms with Crippen LogP contribution in [0.25, 0.3) is 11.3 Å². The number of nitrogens with one attached hydrogen (secondary N) is 2. The van der Waals surface area contributed by atoms with Gasteiger partial charge in [-0.05, 0) is 45.2 Å². The number of anilines is 1. The van der Waals surface area contributed by atoms with Crippen LogP contribution in [0.5, 0.6) is 0 Å². The fourth-order valence-corrected chi connectivity index (χ4v) is 5.04. The molecule has 10 heteroatoms. The molecule has 2 aliphatic heterocycles. The van der Waals surface area contributed by atoms with Crippen molar-refractivity contribution in [2.75, 3.05) is 31.7 Å². The van der Waals surface area contributed by atoms with Crippen molar-refractivity contribution in [2.45, 2.75) is 52.6 Å². The Hall–Kier alpha value is -3.79. The van der Waals surface area contributed by atoms with Gasteiger partial charge in [-0.2, -0.15) is 0 Å². The minimum atomic E-state index is 0.0297. The third kappa shape index (κ3) is 8.61. The molecule has 0 aliphatic carbocycles. The fourth-order valence-electron chi connectivity index (χ4n) is 4.84. The van der Waals surface area contributed by atoms with Crippen molar-refractivity contribution in [3.05, 3.63) is 94.2 Å². The fraction of sp³-hybridized carbons (Fsp3) is 0.375. The molecule has 3 N–H and O–H groups in total. The molecule has 1 fully saturated rings. The second kappa shape index (κ2) is 15.4. The lowest BCUT2D eigenvalue weighted by atomic mass is 10.0. The van der Waals surface area contributed by atoms with E-state index in [2.05, 4.69) is 63.4 Å². The zero-order valence-corrected chi connectivity index (χ0v) is 25.2. The monoisotopic (exact) mass is 590 g/mol. The predicted molar refractivity (Wildman–Crippen MR) is 166 cm³/mol. The lowest BCUT2D eigenvalue weighted by Crippen LogP contribution is -2.28. The van der Waals surface area contributed by atoms with Gasteiger partial charge < -0.3 is 25.0 Å². The first-order valence-corrected chi connectivity index (χ1v) is 14.7. The summed E-state index contributed by atoms with van der Waals surface area (Å²) in [5.41, 5.74) is 6.85. The molecule has 1 amide bonds. The molecule has 0 radical (unpaired) electrons. The lowest BCUT2D eigenvalue weighted by Gasteiger charge is -2.23. The molecule has 1 saturated heterocycles. The van der Waals surface area contributed by atoms with Crippen LogP contribution in [0, 0.1) is 13.8 Å². The van der Waals surface area contributed by atoms with E-state index in [-0.39, 0.29) is 18.6 Å². The van der Waals surface area contributed by atoms with Gasteiger partial charge in [-0.3, -0.25) is 4.79 Å². The van der Waals surface area contributed by atoms with Crippen molar-refractivity contribution in [3.63, 3.8) is 0 Å². The molecule has 9 nitrogen and oxygen atoms in total. The zero-order chi connectivity index (χ0) is 29.9. The standard InChI is InChI=1S/C22H23ClN6O2.C8H10.C2H6O/c23-19-11-25-22(27-16-4-7-31-8-5-16)28-20(19)14-1-2-15-12-29(21(30)18(15)9-14)6-3-17-10-24-13-26-17;1-7-4-3-5-8(2)6-7;1-2-3/h1-2,9-11,13,16H,3-8,12H2,(H,24,26)(H,25,27,28);3-6H,1-2H3;3H,2H2,1H3. The maximum Gasteiger partial charge on any atom is 0.254 e. The SMILES string of the molecule is CCO.Cc1cccc(C)c1.O=C1c2cc(-c3nc(NC4CCOCC4)ncc3Cl)ccc2CN1CCc1cnc[nH]1. The highest BCUT2D eigenvalue weighted by molar-refractivity contribution is 6.33. The maximum atomic E-state index is 13.0. The van der Waals surface area contributed by atoms with Gasteiger partial charge >= 0.3 is 0 Å². The number of carbonyl (C=O) groups is 1. The van der Waals surface area contributed by atoms with Gasteiger partial charge in [0.2, 0.25) is 5.95 Å². The number of aromatic nitrogens is 4. The average Bonchev–Trinajstić information content (AvgIpc) is 3.62. The summed E-state index contributed by atoms with van der Waals surface area (Å²) in [5.74, 6) is 0.571. The highest BCUT2D eigenvalue weighted by Gasteiger charge is 2.28. The average molecular weight is 591 g/mol. The minimum Gasteiger partial charge on any atom is -0.397 e. The summed E-state index contributed by atoms with van der Waals surface area (Å²) >= 11 is 6.42. The molecule has 0 atom stereocenters. The van der Waals surface area contributed by atoms with Crippen LogP contribution in [-0.4, -0.2) is 68.3 Å². The first-order valence-electron chi connectivity index (χ1n) is 14.3. The number of aliphatic hydroxyl groups excluding tert-OH is 1. The molecule has 0 saturated carbocycles. The summed E-state index contributed by atoms with van der Waals surface area (Å²) in [7, 11) is 0. The molecule has 222 valence electrons. The number of imidazole rings is 1. The third-order valence-electron chi connectivity index (χ3n) is 6.94. The van der Waals surface area contributed by atoms with E-state index in [0.717, 1.165) is 49.3 Å². The van der Waals surface area contributed by atoms with Crippen LogP contribution < -0.4 is 5.32 Å². The summed E-state index contributed by atoms with van der Waals surface area (Å²) in [6.07, 6.45) is 7.63. The lowest BCUT2D eigenvalue weighted by molar-refractivity contribution is 0.0780. The van der Waals surface area contributed by atoms with E-state index < -0.39 is 0 Å². The Morgan fingerprint density at radius 3 is 2.50 bits per heavy atom. The molecular weight excluding hydrogens is 552 g/mol. The van der Waals surface area contributed by atoms with Gasteiger partial charge in [-0.15, -0.1) is 0 Å². The van der Waals surface area contributed by atoms with Crippen LogP contribution in [-0.2, 0) is 17.7 Å². The molecule has 2 aromatic carbocycles. The number of fused-ring (bicyclic) bond motifs is 1. The van der Waals surface area contributed by atoms with Gasteiger partial charge in [0.05, 0.1) is 23.2 Å². The smallest absolute Gasteiger partial charge is 0.254 e. The highest BCUT2D eigenvalue weighted by atomic mass is 35.5. The summed E-state index contributed by atoms with van der Waals surface area (Å²) in [6.45, 7) is 8.86. The van der Waals surface area contributed by atoms with Crippen LogP contribution >= 0.6 is 11.6 Å². The third-order valence-corrected chi connectivity index (χ3v) is 7.22. The number of rotatable bonds is 6. The number of aryl methyl sites for hydroxylation is 2. The van der Waals surface area contributed by atoms with Crippen molar-refractivity contribution >= 4 is 23.5 Å². The quantitative estimate of drug-likeness (QED) is 0.267. The van der Waals surface area contributed by atoms with Gasteiger partial charge in [0.25, 0.3) is 5.91 Å². The van der Waals surface area contributed by atoms with Crippen molar-refractivity contribution in [1.82, 2.24) is 24.8 Å². The maximum absolute atomic E-state index is 13.0. The second-order valence-corrected chi connectivity index (χ2v) is 10.7. The van der Waals surface area contributed by atoms with Crippen LogP contribution in [0.15, 0.2) is 61.2 Å². The van der Waals surface area contributed by atoms with Gasteiger partial charge in [-0.1, -0.05) is 59.1 Å². The number of hydrogen-bond donors (Lipinski definition) is 3. The van der Waals surface area contributed by atoms with E-state index in [1.165, 1.54) is 11.1 Å². The van der Waals surface area contributed by atoms with E-state index in [9.17, 15) is 4.79 Å². The van der Waals surface area contributed by atoms with Gasteiger partial charge in [0, 0.05) is 68.4 Å². The molecule has 42 heavy (non-hydrogen) atoms. The Labute approximate surface area is 252 Å². The van der Waals surface area contributed by atoms with Gasteiger partial charge in [0.15, 0.2) is 0 Å². The van der Waals surface area contributed by atoms with E-state index in [4.69, 9.17) is 21.4 Å². The normalized spacial score (nSPS) is 14.4. The number of amides is 1. The highest BCUT2D eigenvalue weighted by Crippen LogP contribution is 2.31. The molecule has 0 bridgehead atoms. The van der Waals surface area contributed by atoms with Gasteiger partial charge in [-0.25, -0.2) is 15.0 Å². The Kier molecular flexibility index (Phi) is 11.5. The molecule has 6 rings (SSSR count). The van der Waals surface area contributed by atoms with Crippen molar-refractivity contribution in [3.8, 4) is 11.3 Å². The number of H-pyrrole nitrogens is 1. The topological polar surface area (TPSA) is 116 Å². The van der Waals surface area contributed by atoms with Crippen molar-refractivity contribution in [1.29, 1.82) is 0 Å². The minimum absolute atomic E-state index is 0.0297. The Bertz CT molecular complexity index is 1420.